The summed E-state index contributed by atoms with van der Waals surface area (Å²) in [4.78, 5) is 28.8. The number of carbonyl (C=O) groups excluding carboxylic acids is 2. The van der Waals surface area contributed by atoms with Crippen molar-refractivity contribution in [2.45, 2.75) is 37.8 Å². The number of aryl methyl sites for hydroxylation is 2. The first-order chi connectivity index (χ1) is 20.7. The van der Waals surface area contributed by atoms with E-state index in [2.05, 4.69) is 5.32 Å². The van der Waals surface area contributed by atoms with Crippen LogP contribution in [0.15, 0.2) is 108 Å². The number of amides is 2. The van der Waals surface area contributed by atoms with Crippen molar-refractivity contribution in [1.29, 1.82) is 0 Å². The first-order valence-electron chi connectivity index (χ1n) is 14.2. The molecule has 222 valence electrons. The molecule has 2 amide bonds. The summed E-state index contributed by atoms with van der Waals surface area (Å²) in [5.74, 6) is -0.422. The van der Waals surface area contributed by atoms with Crippen LogP contribution in [0.2, 0.25) is 0 Å². The molecule has 1 aliphatic rings. The Hall–Kier alpha value is -4.47. The average Bonchev–Trinajstić information content (AvgIpc) is 3.03. The second-order valence-electron chi connectivity index (χ2n) is 10.6. The zero-order valence-corrected chi connectivity index (χ0v) is 25.1. The van der Waals surface area contributed by atoms with Gasteiger partial charge >= 0.3 is 0 Å². The SMILES string of the molecule is Cc1ccc(C)c(S(=O)(=O)N(CCc2ccccc2)CC(=O)N2C[C@H](C(=O)NCc3ccccc3)Oc3ccccc32)c1. The highest BCUT2D eigenvalue weighted by Gasteiger charge is 2.36. The first-order valence-corrected chi connectivity index (χ1v) is 15.7. The molecule has 43 heavy (non-hydrogen) atoms. The van der Waals surface area contributed by atoms with Crippen molar-refractivity contribution in [3.8, 4) is 5.75 Å². The van der Waals surface area contributed by atoms with E-state index in [1.165, 1.54) is 9.21 Å². The number of hydrogen-bond donors (Lipinski definition) is 1. The molecular weight excluding hydrogens is 562 g/mol. The number of carbonyl (C=O) groups is 2. The summed E-state index contributed by atoms with van der Waals surface area (Å²) < 4.78 is 35.3. The molecule has 0 saturated heterocycles. The molecule has 1 aliphatic heterocycles. The number of nitrogens with one attached hydrogen (secondary N) is 1. The van der Waals surface area contributed by atoms with E-state index >= 15 is 0 Å². The number of rotatable bonds is 10. The number of fused-ring (bicyclic) bond motifs is 1. The quantitative estimate of drug-likeness (QED) is 0.287. The predicted molar refractivity (Wildman–Crippen MR) is 166 cm³/mol. The molecule has 4 aromatic carbocycles. The van der Waals surface area contributed by atoms with Crippen LogP contribution >= 0.6 is 0 Å². The van der Waals surface area contributed by atoms with Crippen molar-refractivity contribution < 1.29 is 22.7 Å². The minimum absolute atomic E-state index is 0.0491. The van der Waals surface area contributed by atoms with Gasteiger partial charge in [-0.3, -0.25) is 9.59 Å². The Kier molecular flexibility index (Phi) is 9.23. The molecule has 0 spiro atoms. The maximum atomic E-state index is 14.0. The van der Waals surface area contributed by atoms with Crippen molar-refractivity contribution in [2.75, 3.05) is 24.5 Å². The van der Waals surface area contributed by atoms with E-state index < -0.39 is 28.6 Å². The molecule has 5 rings (SSSR count). The minimum Gasteiger partial charge on any atom is -0.477 e. The number of hydrogen-bond acceptors (Lipinski definition) is 5. The molecule has 0 unspecified atom stereocenters. The highest BCUT2D eigenvalue weighted by molar-refractivity contribution is 7.89. The summed E-state index contributed by atoms with van der Waals surface area (Å²) in [7, 11) is -4.03. The molecule has 0 aromatic heterocycles. The molecule has 4 aromatic rings. The van der Waals surface area contributed by atoms with Crippen LogP contribution in [0.1, 0.15) is 22.3 Å². The summed E-state index contributed by atoms with van der Waals surface area (Å²) in [6.45, 7) is 3.57. The van der Waals surface area contributed by atoms with Gasteiger partial charge in [-0.05, 0) is 60.7 Å². The number of para-hydroxylation sites is 2. The van der Waals surface area contributed by atoms with Gasteiger partial charge in [0, 0.05) is 13.1 Å². The standard InChI is InChI=1S/C34H35N3O5S/c1-25-17-18-26(2)32(21-25)43(40,41)36(20-19-27-11-5-3-6-12-27)24-33(38)37-23-31(42-30-16-10-9-15-29(30)37)34(39)35-22-28-13-7-4-8-14-28/h3-18,21,31H,19-20,22-24H2,1-2H3,(H,35,39)/t31-/m1/s1. The van der Waals surface area contributed by atoms with E-state index in [9.17, 15) is 18.0 Å². The number of anilines is 1. The minimum atomic E-state index is -4.03. The summed E-state index contributed by atoms with van der Waals surface area (Å²) in [6.07, 6.45) is -0.529. The Bertz CT molecular complexity index is 1690. The van der Waals surface area contributed by atoms with Gasteiger partial charge in [0.05, 0.1) is 23.7 Å². The highest BCUT2D eigenvalue weighted by atomic mass is 32.2. The van der Waals surface area contributed by atoms with Crippen LogP contribution in [0.4, 0.5) is 5.69 Å². The fraction of sp³-hybridized carbons (Fsp3) is 0.235. The molecule has 0 saturated carbocycles. The lowest BCUT2D eigenvalue weighted by molar-refractivity contribution is -0.128. The average molecular weight is 598 g/mol. The van der Waals surface area contributed by atoms with Gasteiger partial charge in [-0.2, -0.15) is 4.31 Å². The van der Waals surface area contributed by atoms with Crippen molar-refractivity contribution in [3.05, 3.63) is 125 Å². The molecular formula is C34H35N3O5S. The summed E-state index contributed by atoms with van der Waals surface area (Å²) in [5.41, 5.74) is 3.81. The summed E-state index contributed by atoms with van der Waals surface area (Å²) >= 11 is 0. The van der Waals surface area contributed by atoms with E-state index in [1.54, 1.807) is 43.3 Å². The van der Waals surface area contributed by atoms with E-state index in [0.29, 0.717) is 30.0 Å². The van der Waals surface area contributed by atoms with Crippen LogP contribution < -0.4 is 15.0 Å². The van der Waals surface area contributed by atoms with Gasteiger partial charge in [0.2, 0.25) is 15.9 Å². The molecule has 1 atom stereocenters. The summed E-state index contributed by atoms with van der Waals surface area (Å²) in [6, 6.07) is 31.3. The Balaban J connectivity index is 1.40. The third-order valence-electron chi connectivity index (χ3n) is 7.44. The van der Waals surface area contributed by atoms with Gasteiger partial charge in [-0.25, -0.2) is 8.42 Å². The lowest BCUT2D eigenvalue weighted by Crippen LogP contribution is -2.53. The lowest BCUT2D eigenvalue weighted by atomic mass is 10.1. The van der Waals surface area contributed by atoms with E-state index in [0.717, 1.165) is 16.7 Å². The predicted octanol–water partition coefficient (Wildman–Crippen LogP) is 4.65. The Morgan fingerprint density at radius 1 is 0.884 bits per heavy atom. The number of nitrogens with zero attached hydrogens (tertiary/aromatic N) is 2. The fourth-order valence-electron chi connectivity index (χ4n) is 5.05. The molecule has 0 radical (unpaired) electrons. The van der Waals surface area contributed by atoms with Gasteiger partial charge in [-0.1, -0.05) is 84.9 Å². The van der Waals surface area contributed by atoms with Crippen molar-refractivity contribution >= 4 is 27.5 Å². The molecule has 0 aliphatic carbocycles. The molecule has 8 nitrogen and oxygen atoms in total. The van der Waals surface area contributed by atoms with Crippen LogP contribution in [0, 0.1) is 13.8 Å². The van der Waals surface area contributed by atoms with Gasteiger partial charge in [0.25, 0.3) is 5.91 Å². The molecule has 0 fully saturated rings. The maximum absolute atomic E-state index is 14.0. The third-order valence-corrected chi connectivity index (χ3v) is 9.43. The van der Waals surface area contributed by atoms with E-state index in [1.807, 2.05) is 73.7 Å². The first kappa shape index (κ1) is 30.0. The zero-order valence-electron chi connectivity index (χ0n) is 24.3. The van der Waals surface area contributed by atoms with Crippen molar-refractivity contribution in [1.82, 2.24) is 9.62 Å². The third kappa shape index (κ3) is 7.13. The monoisotopic (exact) mass is 597 g/mol. The Labute approximate surface area is 253 Å². The zero-order chi connectivity index (χ0) is 30.4. The Morgan fingerprint density at radius 3 is 2.26 bits per heavy atom. The second-order valence-corrected chi connectivity index (χ2v) is 12.5. The largest absolute Gasteiger partial charge is 0.477 e. The van der Waals surface area contributed by atoms with E-state index in [-0.39, 0.29) is 23.9 Å². The normalized spacial score (nSPS) is 14.6. The number of benzene rings is 4. The topological polar surface area (TPSA) is 96.0 Å². The van der Waals surface area contributed by atoms with Crippen LogP contribution in [-0.4, -0.2) is 50.3 Å². The Morgan fingerprint density at radius 2 is 1.53 bits per heavy atom. The molecule has 9 heteroatoms. The molecule has 0 bridgehead atoms. The molecule has 1 N–H and O–H groups in total. The smallest absolute Gasteiger partial charge is 0.263 e. The van der Waals surface area contributed by atoms with E-state index in [4.69, 9.17) is 4.74 Å². The summed E-state index contributed by atoms with van der Waals surface area (Å²) in [5, 5.41) is 2.89. The van der Waals surface area contributed by atoms with Gasteiger partial charge < -0.3 is 15.0 Å². The highest BCUT2D eigenvalue weighted by Crippen LogP contribution is 2.34. The van der Waals surface area contributed by atoms with Crippen LogP contribution in [-0.2, 0) is 32.6 Å². The van der Waals surface area contributed by atoms with Gasteiger partial charge in [-0.15, -0.1) is 0 Å². The van der Waals surface area contributed by atoms with Crippen molar-refractivity contribution in [3.63, 3.8) is 0 Å². The van der Waals surface area contributed by atoms with Gasteiger partial charge in [0.15, 0.2) is 6.10 Å². The van der Waals surface area contributed by atoms with Crippen LogP contribution in [0.5, 0.6) is 5.75 Å². The van der Waals surface area contributed by atoms with Crippen LogP contribution in [0.25, 0.3) is 0 Å². The van der Waals surface area contributed by atoms with Crippen LogP contribution in [0.3, 0.4) is 0 Å². The van der Waals surface area contributed by atoms with Crippen molar-refractivity contribution in [2.24, 2.45) is 0 Å². The molecule has 1 heterocycles. The number of ether oxygens (including phenoxy) is 1. The fourth-order valence-corrected chi connectivity index (χ4v) is 6.75. The van der Waals surface area contributed by atoms with Gasteiger partial charge in [0.1, 0.15) is 5.75 Å². The lowest BCUT2D eigenvalue weighted by Gasteiger charge is -2.35. The number of sulfonamides is 1. The maximum Gasteiger partial charge on any atom is 0.263 e. The second kappa shape index (κ2) is 13.2.